The molecule has 100 valence electrons. The summed E-state index contributed by atoms with van der Waals surface area (Å²) < 4.78 is 2.13. The minimum atomic E-state index is 0.462. The van der Waals surface area contributed by atoms with Gasteiger partial charge < -0.3 is 9.88 Å². The molecule has 0 saturated heterocycles. The molecule has 1 atom stereocenters. The fraction of sp³-hybridized carbons (Fsp3) is 0.467. The summed E-state index contributed by atoms with van der Waals surface area (Å²) in [5.41, 5.74) is 2.68. The third-order valence-electron chi connectivity index (χ3n) is 3.75. The first-order chi connectivity index (χ1) is 9.43. The van der Waals surface area contributed by atoms with Gasteiger partial charge in [-0.2, -0.15) is 0 Å². The zero-order chi connectivity index (χ0) is 12.9. The molecule has 4 nitrogen and oxygen atoms in total. The number of hydrogen-bond donors (Lipinski definition) is 1. The van der Waals surface area contributed by atoms with Crippen LogP contribution in [0, 0.1) is 0 Å². The molecular formula is C15H20N4. The van der Waals surface area contributed by atoms with Gasteiger partial charge in [-0.05, 0) is 43.9 Å². The van der Waals surface area contributed by atoms with Gasteiger partial charge in [-0.1, -0.05) is 6.07 Å². The predicted octanol–water partition coefficient (Wildman–Crippen LogP) is 2.34. The quantitative estimate of drug-likeness (QED) is 0.807. The van der Waals surface area contributed by atoms with Crippen molar-refractivity contribution in [3.63, 3.8) is 0 Å². The molecule has 0 saturated carbocycles. The fourth-order valence-electron chi connectivity index (χ4n) is 2.73. The molecule has 0 aromatic carbocycles. The molecule has 1 unspecified atom stereocenters. The number of pyridine rings is 1. The SMILES string of the molecule is c1cnc2c(c1)CCC2NCCCCn1ccnc1. The van der Waals surface area contributed by atoms with Crippen molar-refractivity contribution in [3.8, 4) is 0 Å². The van der Waals surface area contributed by atoms with Gasteiger partial charge in [-0.3, -0.25) is 4.98 Å². The smallest absolute Gasteiger partial charge is 0.0945 e. The summed E-state index contributed by atoms with van der Waals surface area (Å²) in [7, 11) is 0. The Hall–Kier alpha value is -1.68. The lowest BCUT2D eigenvalue weighted by Gasteiger charge is -2.12. The Morgan fingerprint density at radius 1 is 1.32 bits per heavy atom. The van der Waals surface area contributed by atoms with Gasteiger partial charge >= 0.3 is 0 Å². The monoisotopic (exact) mass is 256 g/mol. The maximum absolute atomic E-state index is 4.51. The summed E-state index contributed by atoms with van der Waals surface area (Å²) in [6.45, 7) is 2.12. The standard InChI is InChI=1S/C15H20N4/c1(2-10-19-11-9-16-12-19)7-17-14-6-5-13-4-3-8-18-15(13)14/h3-4,8-9,11-12,14,17H,1-2,5-7,10H2. The zero-order valence-electron chi connectivity index (χ0n) is 11.1. The molecule has 19 heavy (non-hydrogen) atoms. The predicted molar refractivity (Wildman–Crippen MR) is 74.8 cm³/mol. The van der Waals surface area contributed by atoms with E-state index in [4.69, 9.17) is 0 Å². The molecular weight excluding hydrogens is 236 g/mol. The number of aromatic nitrogens is 3. The van der Waals surface area contributed by atoms with Gasteiger partial charge in [0.1, 0.15) is 0 Å². The van der Waals surface area contributed by atoms with E-state index in [9.17, 15) is 0 Å². The van der Waals surface area contributed by atoms with Crippen LogP contribution in [-0.4, -0.2) is 21.1 Å². The highest BCUT2D eigenvalue weighted by Crippen LogP contribution is 2.28. The molecule has 2 aromatic rings. The number of nitrogens with zero attached hydrogens (tertiary/aromatic N) is 3. The van der Waals surface area contributed by atoms with Crippen LogP contribution >= 0.6 is 0 Å². The fourth-order valence-corrected chi connectivity index (χ4v) is 2.73. The van der Waals surface area contributed by atoms with Crippen LogP contribution in [0.25, 0.3) is 0 Å². The van der Waals surface area contributed by atoms with Crippen LogP contribution in [0.1, 0.15) is 36.6 Å². The van der Waals surface area contributed by atoms with E-state index in [1.54, 1.807) is 0 Å². The second-order valence-corrected chi connectivity index (χ2v) is 5.10. The second kappa shape index (κ2) is 5.97. The number of aryl methyl sites for hydroxylation is 2. The maximum atomic E-state index is 4.51. The molecule has 1 N–H and O–H groups in total. The normalized spacial score (nSPS) is 17.6. The second-order valence-electron chi connectivity index (χ2n) is 5.10. The molecule has 2 aromatic heterocycles. The highest BCUT2D eigenvalue weighted by atomic mass is 15.0. The van der Waals surface area contributed by atoms with E-state index >= 15 is 0 Å². The number of unbranched alkanes of at least 4 members (excludes halogenated alkanes) is 1. The Balaban J connectivity index is 1.39. The van der Waals surface area contributed by atoms with Gasteiger partial charge in [0, 0.05) is 25.1 Å². The Morgan fingerprint density at radius 2 is 2.32 bits per heavy atom. The van der Waals surface area contributed by atoms with E-state index in [0.717, 1.165) is 19.5 Å². The molecule has 3 rings (SSSR count). The molecule has 0 amide bonds. The lowest BCUT2D eigenvalue weighted by molar-refractivity contribution is 0.492. The minimum absolute atomic E-state index is 0.462. The summed E-state index contributed by atoms with van der Waals surface area (Å²) in [5.74, 6) is 0. The number of imidazole rings is 1. The molecule has 1 aliphatic rings. The zero-order valence-corrected chi connectivity index (χ0v) is 11.1. The Bertz CT molecular complexity index is 507. The lowest BCUT2D eigenvalue weighted by atomic mass is 10.2. The topological polar surface area (TPSA) is 42.7 Å². The molecule has 0 radical (unpaired) electrons. The van der Waals surface area contributed by atoms with E-state index in [1.165, 1.54) is 30.5 Å². The van der Waals surface area contributed by atoms with E-state index in [1.807, 2.05) is 31.0 Å². The average Bonchev–Trinajstić information content (AvgIpc) is 3.08. The Morgan fingerprint density at radius 3 is 3.21 bits per heavy atom. The molecule has 2 heterocycles. The highest BCUT2D eigenvalue weighted by Gasteiger charge is 2.22. The van der Waals surface area contributed by atoms with Crippen molar-refractivity contribution in [1.82, 2.24) is 19.9 Å². The number of hydrogen-bond acceptors (Lipinski definition) is 3. The lowest BCUT2D eigenvalue weighted by Crippen LogP contribution is -2.21. The molecule has 0 bridgehead atoms. The van der Waals surface area contributed by atoms with Crippen molar-refractivity contribution in [2.45, 2.75) is 38.3 Å². The van der Waals surface area contributed by atoms with E-state index in [0.29, 0.717) is 6.04 Å². The summed E-state index contributed by atoms with van der Waals surface area (Å²) in [5, 5.41) is 3.63. The van der Waals surface area contributed by atoms with Crippen LogP contribution in [-0.2, 0) is 13.0 Å². The van der Waals surface area contributed by atoms with E-state index < -0.39 is 0 Å². The number of nitrogens with one attached hydrogen (secondary N) is 1. The van der Waals surface area contributed by atoms with Gasteiger partial charge in [-0.25, -0.2) is 4.98 Å². The molecule has 0 fully saturated rings. The van der Waals surface area contributed by atoms with Crippen LogP contribution in [0.2, 0.25) is 0 Å². The minimum Gasteiger partial charge on any atom is -0.337 e. The Labute approximate surface area is 113 Å². The van der Waals surface area contributed by atoms with Crippen LogP contribution in [0.5, 0.6) is 0 Å². The largest absolute Gasteiger partial charge is 0.337 e. The summed E-state index contributed by atoms with van der Waals surface area (Å²) >= 11 is 0. The van der Waals surface area contributed by atoms with Crippen molar-refractivity contribution in [2.75, 3.05) is 6.54 Å². The third kappa shape index (κ3) is 3.01. The molecule has 0 spiro atoms. The summed E-state index contributed by atoms with van der Waals surface area (Å²) in [6.07, 6.45) is 12.4. The van der Waals surface area contributed by atoms with Gasteiger partial charge in [0.15, 0.2) is 0 Å². The van der Waals surface area contributed by atoms with Crippen LogP contribution in [0.15, 0.2) is 37.1 Å². The van der Waals surface area contributed by atoms with Gasteiger partial charge in [-0.15, -0.1) is 0 Å². The molecule has 0 aliphatic heterocycles. The number of rotatable bonds is 6. The van der Waals surface area contributed by atoms with E-state index in [2.05, 4.69) is 25.9 Å². The van der Waals surface area contributed by atoms with Crippen LogP contribution in [0.4, 0.5) is 0 Å². The number of fused-ring (bicyclic) bond motifs is 1. The van der Waals surface area contributed by atoms with Crippen molar-refractivity contribution in [1.29, 1.82) is 0 Å². The average molecular weight is 256 g/mol. The van der Waals surface area contributed by atoms with Gasteiger partial charge in [0.05, 0.1) is 18.1 Å². The third-order valence-corrected chi connectivity index (χ3v) is 3.75. The molecule has 1 aliphatic carbocycles. The van der Waals surface area contributed by atoms with Crippen molar-refractivity contribution in [3.05, 3.63) is 48.3 Å². The highest BCUT2D eigenvalue weighted by molar-refractivity contribution is 5.27. The van der Waals surface area contributed by atoms with Gasteiger partial charge in [0.25, 0.3) is 0 Å². The van der Waals surface area contributed by atoms with Crippen LogP contribution < -0.4 is 5.32 Å². The summed E-state index contributed by atoms with van der Waals surface area (Å²) in [4.78, 5) is 8.55. The first kappa shape index (κ1) is 12.4. The van der Waals surface area contributed by atoms with Crippen molar-refractivity contribution in [2.24, 2.45) is 0 Å². The maximum Gasteiger partial charge on any atom is 0.0945 e. The van der Waals surface area contributed by atoms with Gasteiger partial charge in [0.2, 0.25) is 0 Å². The van der Waals surface area contributed by atoms with Crippen molar-refractivity contribution < 1.29 is 0 Å². The van der Waals surface area contributed by atoms with Crippen molar-refractivity contribution >= 4 is 0 Å². The van der Waals surface area contributed by atoms with Crippen LogP contribution in [0.3, 0.4) is 0 Å². The first-order valence-corrected chi connectivity index (χ1v) is 7.06. The molecule has 4 heteroatoms. The Kier molecular flexibility index (Phi) is 3.89. The van der Waals surface area contributed by atoms with E-state index in [-0.39, 0.29) is 0 Å². The first-order valence-electron chi connectivity index (χ1n) is 7.06. The summed E-state index contributed by atoms with van der Waals surface area (Å²) in [6, 6.07) is 4.69.